The van der Waals surface area contributed by atoms with Crippen LogP contribution in [0.5, 0.6) is 0 Å². The molecule has 2 saturated carbocycles. The zero-order chi connectivity index (χ0) is 10.3. The van der Waals surface area contributed by atoms with E-state index in [1.807, 2.05) is 0 Å². The van der Waals surface area contributed by atoms with Crippen LogP contribution in [-0.2, 0) is 6.54 Å². The lowest BCUT2D eigenvalue weighted by atomic mass is 10.0. The van der Waals surface area contributed by atoms with Gasteiger partial charge in [-0.05, 0) is 42.2 Å². The molecule has 80 valence electrons. The summed E-state index contributed by atoms with van der Waals surface area (Å²) in [5, 5.41) is 3.65. The maximum atomic E-state index is 3.65. The van der Waals surface area contributed by atoms with Crippen LogP contribution in [0.2, 0.25) is 0 Å². The minimum atomic E-state index is 0.789. The Balaban J connectivity index is 1.67. The summed E-state index contributed by atoms with van der Waals surface area (Å²) in [4.78, 5) is 0. The number of hydrogen-bond donors (Lipinski definition) is 1. The third kappa shape index (κ3) is 2.07. The molecule has 2 aliphatic carbocycles. The Bertz CT molecular complexity index is 354. The molecule has 1 nitrogen and oxygen atoms in total. The van der Waals surface area contributed by atoms with Gasteiger partial charge < -0.3 is 5.32 Å². The molecule has 2 unspecified atom stereocenters. The van der Waals surface area contributed by atoms with Crippen molar-refractivity contribution in [3.63, 3.8) is 0 Å². The van der Waals surface area contributed by atoms with Crippen LogP contribution in [0.1, 0.15) is 43.2 Å². The SMILES string of the molecule is CC1CC1NCc1ccccc1C1CC1. The van der Waals surface area contributed by atoms with E-state index in [9.17, 15) is 0 Å². The Morgan fingerprint density at radius 3 is 2.67 bits per heavy atom. The molecule has 2 atom stereocenters. The van der Waals surface area contributed by atoms with Gasteiger partial charge in [-0.2, -0.15) is 0 Å². The van der Waals surface area contributed by atoms with Crippen molar-refractivity contribution >= 4 is 0 Å². The minimum Gasteiger partial charge on any atom is -0.310 e. The lowest BCUT2D eigenvalue weighted by Crippen LogP contribution is -2.17. The summed E-state index contributed by atoms with van der Waals surface area (Å²) in [7, 11) is 0. The smallest absolute Gasteiger partial charge is 0.0211 e. The van der Waals surface area contributed by atoms with E-state index in [1.54, 1.807) is 5.56 Å². The average Bonchev–Trinajstić information content (AvgIpc) is 3.12. The van der Waals surface area contributed by atoms with E-state index >= 15 is 0 Å². The molecule has 1 aromatic rings. The first kappa shape index (κ1) is 9.41. The van der Waals surface area contributed by atoms with Crippen molar-refractivity contribution in [1.82, 2.24) is 5.32 Å². The van der Waals surface area contributed by atoms with E-state index < -0.39 is 0 Å². The van der Waals surface area contributed by atoms with Gasteiger partial charge in [0.05, 0.1) is 0 Å². The van der Waals surface area contributed by atoms with Gasteiger partial charge in [-0.15, -0.1) is 0 Å². The zero-order valence-corrected chi connectivity index (χ0v) is 9.37. The minimum absolute atomic E-state index is 0.789. The van der Waals surface area contributed by atoms with E-state index in [0.717, 1.165) is 24.4 Å². The van der Waals surface area contributed by atoms with Crippen molar-refractivity contribution in [2.75, 3.05) is 0 Å². The highest BCUT2D eigenvalue weighted by Gasteiger charge is 2.32. The fourth-order valence-electron chi connectivity index (χ4n) is 2.34. The number of nitrogens with one attached hydrogen (secondary N) is 1. The molecule has 0 aliphatic heterocycles. The molecule has 0 heterocycles. The molecule has 0 saturated heterocycles. The molecular formula is C14H19N. The molecule has 0 amide bonds. The van der Waals surface area contributed by atoms with Gasteiger partial charge >= 0.3 is 0 Å². The summed E-state index contributed by atoms with van der Waals surface area (Å²) in [6, 6.07) is 9.73. The van der Waals surface area contributed by atoms with Crippen LogP contribution in [0.25, 0.3) is 0 Å². The number of hydrogen-bond acceptors (Lipinski definition) is 1. The normalized spacial score (nSPS) is 29.1. The van der Waals surface area contributed by atoms with E-state index in [2.05, 4.69) is 36.5 Å². The van der Waals surface area contributed by atoms with Crippen molar-refractivity contribution in [2.45, 2.75) is 44.7 Å². The van der Waals surface area contributed by atoms with Crippen LogP contribution < -0.4 is 5.32 Å². The number of benzene rings is 1. The van der Waals surface area contributed by atoms with Gasteiger partial charge in [0.15, 0.2) is 0 Å². The molecule has 0 radical (unpaired) electrons. The summed E-state index contributed by atoms with van der Waals surface area (Å²) in [5.74, 6) is 1.78. The molecule has 0 aromatic heterocycles. The molecule has 1 aromatic carbocycles. The highest BCUT2D eigenvalue weighted by Crippen LogP contribution is 2.41. The quantitative estimate of drug-likeness (QED) is 0.789. The maximum Gasteiger partial charge on any atom is 0.0211 e. The highest BCUT2D eigenvalue weighted by atomic mass is 15.0. The maximum absolute atomic E-state index is 3.65. The molecule has 2 fully saturated rings. The van der Waals surface area contributed by atoms with Crippen LogP contribution in [0.15, 0.2) is 24.3 Å². The molecule has 0 bridgehead atoms. The van der Waals surface area contributed by atoms with Gasteiger partial charge in [0, 0.05) is 12.6 Å². The summed E-state index contributed by atoms with van der Waals surface area (Å²) in [6.07, 6.45) is 4.17. The van der Waals surface area contributed by atoms with E-state index in [4.69, 9.17) is 0 Å². The van der Waals surface area contributed by atoms with Crippen LogP contribution in [0, 0.1) is 5.92 Å². The zero-order valence-electron chi connectivity index (χ0n) is 9.37. The second-order valence-electron chi connectivity index (χ2n) is 5.17. The molecular weight excluding hydrogens is 182 g/mol. The second-order valence-corrected chi connectivity index (χ2v) is 5.17. The Morgan fingerprint density at radius 1 is 1.27 bits per heavy atom. The summed E-state index contributed by atoms with van der Waals surface area (Å²) < 4.78 is 0. The van der Waals surface area contributed by atoms with Crippen molar-refractivity contribution in [3.8, 4) is 0 Å². The lowest BCUT2D eigenvalue weighted by molar-refractivity contribution is 0.649. The largest absolute Gasteiger partial charge is 0.310 e. The second kappa shape index (κ2) is 3.64. The van der Waals surface area contributed by atoms with Crippen molar-refractivity contribution in [2.24, 2.45) is 5.92 Å². The van der Waals surface area contributed by atoms with Crippen LogP contribution in [0.4, 0.5) is 0 Å². The molecule has 15 heavy (non-hydrogen) atoms. The first-order chi connectivity index (χ1) is 7.34. The fraction of sp³-hybridized carbons (Fsp3) is 0.571. The van der Waals surface area contributed by atoms with Gasteiger partial charge in [0.2, 0.25) is 0 Å². The Hall–Kier alpha value is -0.820. The van der Waals surface area contributed by atoms with E-state index in [1.165, 1.54) is 24.8 Å². The summed E-state index contributed by atoms with van der Waals surface area (Å²) in [5.41, 5.74) is 3.12. The van der Waals surface area contributed by atoms with Crippen molar-refractivity contribution in [1.29, 1.82) is 0 Å². The molecule has 3 rings (SSSR count). The van der Waals surface area contributed by atoms with Gasteiger partial charge in [-0.1, -0.05) is 31.2 Å². The van der Waals surface area contributed by atoms with E-state index in [0.29, 0.717) is 0 Å². The first-order valence-electron chi connectivity index (χ1n) is 6.16. The van der Waals surface area contributed by atoms with Crippen LogP contribution in [-0.4, -0.2) is 6.04 Å². The Labute approximate surface area is 91.9 Å². The predicted molar refractivity (Wildman–Crippen MR) is 62.8 cm³/mol. The Morgan fingerprint density at radius 2 is 2.00 bits per heavy atom. The molecule has 1 N–H and O–H groups in total. The fourth-order valence-corrected chi connectivity index (χ4v) is 2.34. The average molecular weight is 201 g/mol. The van der Waals surface area contributed by atoms with Crippen LogP contribution >= 0.6 is 0 Å². The predicted octanol–water partition coefficient (Wildman–Crippen LogP) is 3.06. The standard InChI is InChI=1S/C14H19N/c1-10-8-14(10)15-9-12-4-2-3-5-13(12)11-6-7-11/h2-5,10-11,14-15H,6-9H2,1H3. The highest BCUT2D eigenvalue weighted by molar-refractivity contribution is 5.33. The van der Waals surface area contributed by atoms with Gasteiger partial charge in [-0.3, -0.25) is 0 Å². The third-order valence-corrected chi connectivity index (χ3v) is 3.74. The third-order valence-electron chi connectivity index (χ3n) is 3.74. The van der Waals surface area contributed by atoms with Crippen molar-refractivity contribution in [3.05, 3.63) is 35.4 Å². The summed E-state index contributed by atoms with van der Waals surface area (Å²) in [6.45, 7) is 3.39. The van der Waals surface area contributed by atoms with E-state index in [-0.39, 0.29) is 0 Å². The summed E-state index contributed by atoms with van der Waals surface area (Å²) >= 11 is 0. The molecule has 2 aliphatic rings. The van der Waals surface area contributed by atoms with Gasteiger partial charge in [-0.25, -0.2) is 0 Å². The molecule has 1 heteroatoms. The van der Waals surface area contributed by atoms with Gasteiger partial charge in [0.25, 0.3) is 0 Å². The van der Waals surface area contributed by atoms with Crippen LogP contribution in [0.3, 0.4) is 0 Å². The topological polar surface area (TPSA) is 12.0 Å². The monoisotopic (exact) mass is 201 g/mol. The number of rotatable bonds is 4. The lowest BCUT2D eigenvalue weighted by Gasteiger charge is -2.09. The molecule has 0 spiro atoms. The van der Waals surface area contributed by atoms with Gasteiger partial charge in [0.1, 0.15) is 0 Å². The Kier molecular flexibility index (Phi) is 2.28. The van der Waals surface area contributed by atoms with Crippen molar-refractivity contribution < 1.29 is 0 Å². The first-order valence-corrected chi connectivity index (χ1v) is 6.16.